The minimum absolute atomic E-state index is 0.0925. The van der Waals surface area contributed by atoms with Crippen LogP contribution in [0.5, 0.6) is 11.5 Å². The van der Waals surface area contributed by atoms with E-state index in [4.69, 9.17) is 9.47 Å². The van der Waals surface area contributed by atoms with Crippen LogP contribution in [0.3, 0.4) is 0 Å². The molecule has 2 rings (SSSR count). The van der Waals surface area contributed by atoms with Gasteiger partial charge in [0.25, 0.3) is 5.91 Å². The summed E-state index contributed by atoms with van der Waals surface area (Å²) in [5, 5.41) is 5.08. The number of benzene rings is 2. The monoisotopic (exact) mass is 356 g/mol. The average molecular weight is 356 g/mol. The number of ether oxygens (including phenoxy) is 2. The molecule has 2 aromatic carbocycles. The zero-order chi connectivity index (χ0) is 18.9. The Balaban J connectivity index is 1.75. The van der Waals surface area contributed by atoms with Crippen molar-refractivity contribution in [3.63, 3.8) is 0 Å². The third-order valence-electron chi connectivity index (χ3n) is 3.43. The van der Waals surface area contributed by atoms with Crippen LogP contribution in [0.1, 0.15) is 17.3 Å². The summed E-state index contributed by atoms with van der Waals surface area (Å²) < 4.78 is 10.4. The molecule has 0 atom stereocenters. The summed E-state index contributed by atoms with van der Waals surface area (Å²) in [5.41, 5.74) is 0.992. The van der Waals surface area contributed by atoms with Crippen molar-refractivity contribution in [2.45, 2.75) is 6.92 Å². The van der Waals surface area contributed by atoms with Gasteiger partial charge in [0.15, 0.2) is 12.4 Å². The Hall–Kier alpha value is -3.35. The Bertz CT molecular complexity index is 787. The van der Waals surface area contributed by atoms with Crippen LogP contribution in [0.25, 0.3) is 0 Å². The van der Waals surface area contributed by atoms with E-state index in [0.29, 0.717) is 22.7 Å². The van der Waals surface area contributed by atoms with Gasteiger partial charge in [0.1, 0.15) is 11.5 Å². The first-order valence-corrected chi connectivity index (χ1v) is 7.92. The van der Waals surface area contributed by atoms with Crippen molar-refractivity contribution in [2.75, 3.05) is 25.6 Å². The molecule has 26 heavy (non-hydrogen) atoms. The molecular formula is C19H20N2O5. The van der Waals surface area contributed by atoms with E-state index in [1.54, 1.807) is 55.6 Å². The summed E-state index contributed by atoms with van der Waals surface area (Å²) in [6, 6.07) is 13.4. The van der Waals surface area contributed by atoms with E-state index >= 15 is 0 Å². The first-order chi connectivity index (χ1) is 12.5. The molecule has 0 saturated heterocycles. The molecule has 0 fully saturated rings. The number of methoxy groups -OCH3 is 1. The Kier molecular flexibility index (Phi) is 6.73. The van der Waals surface area contributed by atoms with Gasteiger partial charge in [-0.25, -0.2) is 0 Å². The second-order valence-corrected chi connectivity index (χ2v) is 5.43. The third kappa shape index (κ3) is 5.94. The molecule has 0 heterocycles. The Morgan fingerprint density at radius 2 is 1.65 bits per heavy atom. The molecule has 7 nitrogen and oxygen atoms in total. The predicted octanol–water partition coefficient (Wildman–Crippen LogP) is 2.03. The summed E-state index contributed by atoms with van der Waals surface area (Å²) in [6.45, 7) is 1.04. The molecule has 0 aliphatic rings. The summed E-state index contributed by atoms with van der Waals surface area (Å²) in [7, 11) is 1.56. The zero-order valence-electron chi connectivity index (χ0n) is 14.6. The fourth-order valence-electron chi connectivity index (χ4n) is 2.07. The lowest BCUT2D eigenvalue weighted by molar-refractivity contribution is -0.125. The number of nitrogens with one attached hydrogen (secondary N) is 2. The summed E-state index contributed by atoms with van der Waals surface area (Å²) in [6.07, 6.45) is 0. The van der Waals surface area contributed by atoms with Crippen LogP contribution in [0.15, 0.2) is 48.5 Å². The first kappa shape index (κ1) is 19.0. The van der Waals surface area contributed by atoms with Gasteiger partial charge in [-0.15, -0.1) is 0 Å². The largest absolute Gasteiger partial charge is 0.497 e. The molecular weight excluding hydrogens is 336 g/mol. The summed E-state index contributed by atoms with van der Waals surface area (Å²) in [5.74, 6) is 0.292. The fourth-order valence-corrected chi connectivity index (χ4v) is 2.07. The quantitative estimate of drug-likeness (QED) is 0.706. The molecule has 0 aliphatic carbocycles. The average Bonchev–Trinajstić information content (AvgIpc) is 2.65. The molecule has 0 radical (unpaired) electrons. The van der Waals surface area contributed by atoms with Crippen LogP contribution in [0, 0.1) is 0 Å². The van der Waals surface area contributed by atoms with Gasteiger partial charge in [0, 0.05) is 11.3 Å². The molecule has 2 aromatic rings. The number of ketones is 1. The molecule has 0 saturated carbocycles. The van der Waals surface area contributed by atoms with Crippen molar-refractivity contribution < 1.29 is 23.9 Å². The molecule has 136 valence electrons. The van der Waals surface area contributed by atoms with Gasteiger partial charge >= 0.3 is 0 Å². The van der Waals surface area contributed by atoms with E-state index < -0.39 is 11.8 Å². The van der Waals surface area contributed by atoms with E-state index in [-0.39, 0.29) is 18.9 Å². The van der Waals surface area contributed by atoms with Gasteiger partial charge in [0.05, 0.1) is 13.7 Å². The zero-order valence-corrected chi connectivity index (χ0v) is 14.6. The number of hydrogen-bond acceptors (Lipinski definition) is 5. The number of rotatable bonds is 8. The van der Waals surface area contributed by atoms with Crippen molar-refractivity contribution in [1.82, 2.24) is 5.32 Å². The summed E-state index contributed by atoms with van der Waals surface area (Å²) >= 11 is 0. The van der Waals surface area contributed by atoms with E-state index in [1.807, 2.05) is 0 Å². The van der Waals surface area contributed by atoms with Crippen LogP contribution in [0.4, 0.5) is 5.69 Å². The number of carbonyl (C=O) groups is 3. The molecule has 0 aliphatic heterocycles. The Morgan fingerprint density at radius 1 is 0.962 bits per heavy atom. The second-order valence-electron chi connectivity index (χ2n) is 5.43. The minimum Gasteiger partial charge on any atom is -0.497 e. The number of Topliss-reactive ketones (excluding diaryl/α,β-unsaturated/α-hetero) is 1. The molecule has 0 spiro atoms. The molecule has 0 unspecified atom stereocenters. The topological polar surface area (TPSA) is 93.7 Å². The van der Waals surface area contributed by atoms with Gasteiger partial charge in [0.2, 0.25) is 5.91 Å². The smallest absolute Gasteiger partial charge is 0.258 e. The van der Waals surface area contributed by atoms with Crippen molar-refractivity contribution in [1.29, 1.82) is 0 Å². The maximum atomic E-state index is 11.9. The lowest BCUT2D eigenvalue weighted by Gasteiger charge is -2.09. The second kappa shape index (κ2) is 9.22. The Labute approximate surface area is 151 Å². The van der Waals surface area contributed by atoms with Gasteiger partial charge in [-0.3, -0.25) is 14.4 Å². The van der Waals surface area contributed by atoms with Crippen molar-refractivity contribution in [2.24, 2.45) is 0 Å². The number of carbonyl (C=O) groups excluding carboxylic acids is 3. The minimum atomic E-state index is -0.423. The lowest BCUT2D eigenvalue weighted by atomic mass is 10.1. The normalized spacial score (nSPS) is 9.92. The van der Waals surface area contributed by atoms with E-state index in [2.05, 4.69) is 10.6 Å². The number of amides is 2. The Morgan fingerprint density at radius 3 is 2.31 bits per heavy atom. The van der Waals surface area contributed by atoms with Crippen LogP contribution >= 0.6 is 0 Å². The maximum Gasteiger partial charge on any atom is 0.258 e. The predicted molar refractivity (Wildman–Crippen MR) is 96.6 cm³/mol. The van der Waals surface area contributed by atoms with Gasteiger partial charge in [-0.1, -0.05) is 12.1 Å². The van der Waals surface area contributed by atoms with Crippen molar-refractivity contribution in [3.8, 4) is 11.5 Å². The van der Waals surface area contributed by atoms with E-state index in [9.17, 15) is 14.4 Å². The fraction of sp³-hybridized carbons (Fsp3) is 0.211. The highest BCUT2D eigenvalue weighted by atomic mass is 16.5. The molecule has 2 N–H and O–H groups in total. The van der Waals surface area contributed by atoms with Crippen LogP contribution in [-0.2, 0) is 9.59 Å². The van der Waals surface area contributed by atoms with Crippen LogP contribution < -0.4 is 20.1 Å². The van der Waals surface area contributed by atoms with Gasteiger partial charge in [-0.05, 0) is 43.3 Å². The highest BCUT2D eigenvalue weighted by molar-refractivity contribution is 5.98. The lowest BCUT2D eigenvalue weighted by Crippen LogP contribution is -2.35. The standard InChI is InChI=1S/C19H20N2O5/c1-13(22)14-4-3-5-15(10-14)21-18(23)11-20-19(24)12-26-17-8-6-16(25-2)7-9-17/h3-10H,11-12H2,1-2H3,(H,20,24)(H,21,23). The highest BCUT2D eigenvalue weighted by Gasteiger charge is 2.08. The molecule has 0 bridgehead atoms. The van der Waals surface area contributed by atoms with Crippen molar-refractivity contribution >= 4 is 23.3 Å². The van der Waals surface area contributed by atoms with Crippen LogP contribution in [-0.4, -0.2) is 37.9 Å². The molecule has 7 heteroatoms. The van der Waals surface area contributed by atoms with Crippen molar-refractivity contribution in [3.05, 3.63) is 54.1 Å². The van der Waals surface area contributed by atoms with Gasteiger partial charge < -0.3 is 20.1 Å². The highest BCUT2D eigenvalue weighted by Crippen LogP contribution is 2.16. The number of anilines is 1. The maximum absolute atomic E-state index is 11.9. The molecule has 0 aromatic heterocycles. The SMILES string of the molecule is COc1ccc(OCC(=O)NCC(=O)Nc2cccc(C(C)=O)c2)cc1. The summed E-state index contributed by atoms with van der Waals surface area (Å²) in [4.78, 5) is 35.0. The van der Waals surface area contributed by atoms with E-state index in [0.717, 1.165) is 0 Å². The van der Waals surface area contributed by atoms with Gasteiger partial charge in [-0.2, -0.15) is 0 Å². The third-order valence-corrected chi connectivity index (χ3v) is 3.43. The van der Waals surface area contributed by atoms with Crippen LogP contribution in [0.2, 0.25) is 0 Å². The molecule has 2 amide bonds. The van der Waals surface area contributed by atoms with E-state index in [1.165, 1.54) is 6.92 Å². The number of hydrogen-bond donors (Lipinski definition) is 2. The first-order valence-electron chi connectivity index (χ1n) is 7.92.